The van der Waals surface area contributed by atoms with Gasteiger partial charge in [-0.2, -0.15) is 0 Å². The van der Waals surface area contributed by atoms with Gasteiger partial charge in [0.05, 0.1) is 0 Å². The number of para-hydroxylation sites is 1. The predicted molar refractivity (Wildman–Crippen MR) is 81.4 cm³/mol. The molecule has 7 heteroatoms. The fourth-order valence-corrected chi connectivity index (χ4v) is 2.77. The summed E-state index contributed by atoms with van der Waals surface area (Å²) in [7, 11) is 0. The summed E-state index contributed by atoms with van der Waals surface area (Å²) in [5.74, 6) is -1.04. The van der Waals surface area contributed by atoms with Crippen molar-refractivity contribution in [3.63, 3.8) is 0 Å². The van der Waals surface area contributed by atoms with Crippen molar-refractivity contribution in [3.8, 4) is 11.5 Å². The molecular weight excluding hydrogens is 309 g/mol. The lowest BCUT2D eigenvalue weighted by atomic mass is 9.96. The van der Waals surface area contributed by atoms with Gasteiger partial charge in [-0.3, -0.25) is 4.90 Å². The number of phenolic OH excluding ortho intramolecular Hbond substituents is 1. The molecule has 1 saturated heterocycles. The summed E-state index contributed by atoms with van der Waals surface area (Å²) >= 11 is 0. The number of nitrogens with zero attached hydrogens (tertiary/aromatic N) is 1. The number of nitrogens with one attached hydrogen (secondary N) is 1. The third-order valence-corrected chi connectivity index (χ3v) is 3.75. The zero-order valence-electron chi connectivity index (χ0n) is 13.0. The van der Waals surface area contributed by atoms with E-state index in [1.165, 1.54) is 6.07 Å². The van der Waals surface area contributed by atoms with Crippen LogP contribution in [0, 0.1) is 0 Å². The summed E-state index contributed by atoms with van der Waals surface area (Å²) < 4.78 is 41.3. The molecule has 2 rings (SSSR count). The number of hydrogen-bond donors (Lipinski definition) is 2. The monoisotopic (exact) mass is 330 g/mol. The summed E-state index contributed by atoms with van der Waals surface area (Å²) in [6.07, 6.45) is -4.28. The van der Waals surface area contributed by atoms with Gasteiger partial charge in [0, 0.05) is 37.8 Å². The van der Waals surface area contributed by atoms with Gasteiger partial charge in [0.15, 0.2) is 11.5 Å². The van der Waals surface area contributed by atoms with Gasteiger partial charge in [-0.1, -0.05) is 17.7 Å². The topological polar surface area (TPSA) is 44.7 Å². The molecule has 0 unspecified atom stereocenters. The number of phenols is 1. The lowest BCUT2D eigenvalue weighted by molar-refractivity contribution is -0.275. The summed E-state index contributed by atoms with van der Waals surface area (Å²) in [5, 5.41) is 13.5. The molecule has 2 N–H and O–H groups in total. The molecule has 0 amide bonds. The zero-order chi connectivity index (χ0) is 17.0. The second kappa shape index (κ2) is 7.23. The number of rotatable bonds is 5. The molecule has 1 aromatic carbocycles. The summed E-state index contributed by atoms with van der Waals surface area (Å²) in [6.45, 7) is 8.85. The van der Waals surface area contributed by atoms with E-state index in [9.17, 15) is 18.3 Å². The van der Waals surface area contributed by atoms with E-state index in [-0.39, 0.29) is 6.04 Å². The molecule has 0 aliphatic carbocycles. The van der Waals surface area contributed by atoms with Crippen LogP contribution in [0.15, 0.2) is 30.4 Å². The Bertz CT molecular complexity index is 555. The highest BCUT2D eigenvalue weighted by atomic mass is 19.4. The fraction of sp³-hybridized carbons (Fsp3) is 0.500. The van der Waals surface area contributed by atoms with Gasteiger partial charge in [0.25, 0.3) is 0 Å². The van der Waals surface area contributed by atoms with Crippen molar-refractivity contribution in [2.75, 3.05) is 26.2 Å². The Kier molecular flexibility index (Phi) is 5.54. The Morgan fingerprint density at radius 2 is 2.04 bits per heavy atom. The number of ether oxygens (including phenoxy) is 1. The van der Waals surface area contributed by atoms with E-state index in [1.54, 1.807) is 6.07 Å². The Balaban J connectivity index is 2.33. The number of alkyl halides is 3. The van der Waals surface area contributed by atoms with Gasteiger partial charge in [-0.05, 0) is 19.4 Å². The van der Waals surface area contributed by atoms with Crippen LogP contribution in [0.25, 0.3) is 0 Å². The fourth-order valence-electron chi connectivity index (χ4n) is 2.77. The molecule has 1 heterocycles. The van der Waals surface area contributed by atoms with Crippen LogP contribution in [-0.2, 0) is 0 Å². The number of hydrogen-bond acceptors (Lipinski definition) is 4. The molecule has 1 fully saturated rings. The molecule has 1 aromatic rings. The first-order valence-electron chi connectivity index (χ1n) is 7.44. The van der Waals surface area contributed by atoms with E-state index >= 15 is 0 Å². The summed E-state index contributed by atoms with van der Waals surface area (Å²) in [5.41, 5.74) is 1.33. The Hall–Kier alpha value is -1.73. The van der Waals surface area contributed by atoms with Crippen LogP contribution in [-0.4, -0.2) is 42.5 Å². The second-order valence-corrected chi connectivity index (χ2v) is 5.70. The van der Waals surface area contributed by atoms with E-state index in [2.05, 4.69) is 21.5 Å². The van der Waals surface area contributed by atoms with Crippen LogP contribution in [0.2, 0.25) is 0 Å². The number of piperazine rings is 1. The molecule has 0 spiro atoms. The maximum Gasteiger partial charge on any atom is 0.573 e. The van der Waals surface area contributed by atoms with Crippen LogP contribution >= 0.6 is 0 Å². The van der Waals surface area contributed by atoms with Crippen LogP contribution in [0.1, 0.15) is 24.9 Å². The minimum atomic E-state index is -4.84. The molecule has 1 aliphatic rings. The van der Waals surface area contributed by atoms with Crippen molar-refractivity contribution in [3.05, 3.63) is 35.9 Å². The maximum atomic E-state index is 12.5. The second-order valence-electron chi connectivity index (χ2n) is 5.70. The third-order valence-electron chi connectivity index (χ3n) is 3.75. The van der Waals surface area contributed by atoms with E-state index in [1.807, 2.05) is 6.92 Å². The normalized spacial score (nSPS) is 17.7. The first-order valence-corrected chi connectivity index (χ1v) is 7.44. The zero-order valence-corrected chi connectivity index (χ0v) is 13.0. The molecule has 0 saturated carbocycles. The van der Waals surface area contributed by atoms with Gasteiger partial charge in [0.1, 0.15) is 0 Å². The van der Waals surface area contributed by atoms with Crippen LogP contribution < -0.4 is 10.1 Å². The van der Waals surface area contributed by atoms with Gasteiger partial charge >= 0.3 is 6.36 Å². The SMILES string of the molecule is C=C(C)C[C@@H](c1cccc(OC(F)(F)F)c1O)N1CCNCC1. The molecule has 4 nitrogen and oxygen atoms in total. The van der Waals surface area contributed by atoms with E-state index in [0.29, 0.717) is 12.0 Å². The summed E-state index contributed by atoms with van der Waals surface area (Å²) in [4.78, 5) is 2.14. The number of halogens is 3. The summed E-state index contributed by atoms with van der Waals surface area (Å²) in [6, 6.07) is 3.98. The molecule has 23 heavy (non-hydrogen) atoms. The van der Waals surface area contributed by atoms with Gasteiger partial charge < -0.3 is 15.2 Å². The quantitative estimate of drug-likeness (QED) is 0.814. The van der Waals surface area contributed by atoms with Crippen LogP contribution in [0.3, 0.4) is 0 Å². The molecule has 1 atom stereocenters. The highest BCUT2D eigenvalue weighted by Crippen LogP contribution is 2.40. The van der Waals surface area contributed by atoms with Crippen LogP contribution in [0.4, 0.5) is 13.2 Å². The Morgan fingerprint density at radius 1 is 1.39 bits per heavy atom. The van der Waals surface area contributed by atoms with Crippen molar-refractivity contribution in [2.45, 2.75) is 25.7 Å². The van der Waals surface area contributed by atoms with Gasteiger partial charge in [-0.15, -0.1) is 19.8 Å². The van der Waals surface area contributed by atoms with E-state index in [4.69, 9.17) is 0 Å². The Labute approximate surface area is 133 Å². The number of benzene rings is 1. The Morgan fingerprint density at radius 3 is 2.61 bits per heavy atom. The minimum Gasteiger partial charge on any atom is -0.504 e. The molecule has 128 valence electrons. The first kappa shape index (κ1) is 17.6. The van der Waals surface area contributed by atoms with Crippen molar-refractivity contribution >= 4 is 0 Å². The van der Waals surface area contributed by atoms with Crippen LogP contribution in [0.5, 0.6) is 11.5 Å². The van der Waals surface area contributed by atoms with Gasteiger partial charge in [0.2, 0.25) is 0 Å². The molecule has 0 aromatic heterocycles. The standard InChI is InChI=1S/C16H21F3N2O2/c1-11(2)10-13(21-8-6-20-7-9-21)12-4-3-5-14(15(12)22)23-16(17,18)19/h3-5,13,20,22H,1,6-10H2,2H3/t13-/m0/s1. The first-order chi connectivity index (χ1) is 10.8. The minimum absolute atomic E-state index is 0.230. The molecular formula is C16H21F3N2O2. The van der Waals surface area contributed by atoms with Crippen molar-refractivity contribution < 1.29 is 23.0 Å². The van der Waals surface area contributed by atoms with Crippen molar-refractivity contribution in [1.82, 2.24) is 10.2 Å². The van der Waals surface area contributed by atoms with Crippen molar-refractivity contribution in [1.29, 1.82) is 0 Å². The average molecular weight is 330 g/mol. The lowest BCUT2D eigenvalue weighted by Crippen LogP contribution is -2.45. The number of aromatic hydroxyl groups is 1. The highest BCUT2D eigenvalue weighted by Gasteiger charge is 2.34. The van der Waals surface area contributed by atoms with Gasteiger partial charge in [-0.25, -0.2) is 0 Å². The molecule has 0 bridgehead atoms. The highest BCUT2D eigenvalue weighted by molar-refractivity contribution is 5.47. The maximum absolute atomic E-state index is 12.5. The van der Waals surface area contributed by atoms with Crippen molar-refractivity contribution in [2.24, 2.45) is 0 Å². The third kappa shape index (κ3) is 4.87. The average Bonchev–Trinajstić information content (AvgIpc) is 2.47. The molecule has 0 radical (unpaired) electrons. The molecule has 1 aliphatic heterocycles. The lowest BCUT2D eigenvalue weighted by Gasteiger charge is -2.35. The largest absolute Gasteiger partial charge is 0.573 e. The predicted octanol–water partition coefficient (Wildman–Crippen LogP) is 3.20. The van der Waals surface area contributed by atoms with E-state index < -0.39 is 17.9 Å². The van der Waals surface area contributed by atoms with E-state index in [0.717, 1.165) is 37.8 Å². The smallest absolute Gasteiger partial charge is 0.504 e.